The zero-order valence-electron chi connectivity index (χ0n) is 10.7. The highest BCUT2D eigenvalue weighted by Crippen LogP contribution is 2.35. The summed E-state index contributed by atoms with van der Waals surface area (Å²) in [6, 6.07) is 6.65. The molecule has 1 aromatic carbocycles. The predicted octanol–water partition coefficient (Wildman–Crippen LogP) is 4.03. The van der Waals surface area contributed by atoms with Crippen molar-refractivity contribution in [2.24, 2.45) is 0 Å². The van der Waals surface area contributed by atoms with Crippen LogP contribution in [0.5, 0.6) is 5.75 Å². The summed E-state index contributed by atoms with van der Waals surface area (Å²) in [5.74, 6) is 1.47. The van der Waals surface area contributed by atoms with Gasteiger partial charge in [0.1, 0.15) is 12.4 Å². The maximum absolute atomic E-state index is 5.76. The molecule has 1 N–H and O–H groups in total. The Labute approximate surface area is 134 Å². The quantitative estimate of drug-likeness (QED) is 0.793. The Morgan fingerprint density at radius 3 is 2.65 bits per heavy atom. The minimum absolute atomic E-state index is 0.358. The van der Waals surface area contributed by atoms with Crippen LogP contribution in [-0.4, -0.2) is 11.2 Å². The third-order valence-corrected chi connectivity index (χ3v) is 4.26. The van der Waals surface area contributed by atoms with Crippen LogP contribution >= 0.6 is 31.9 Å². The van der Waals surface area contributed by atoms with Crippen LogP contribution in [0.4, 0.5) is 0 Å². The van der Waals surface area contributed by atoms with E-state index in [9.17, 15) is 0 Å². The van der Waals surface area contributed by atoms with E-state index in [4.69, 9.17) is 9.26 Å². The van der Waals surface area contributed by atoms with E-state index in [0.717, 1.165) is 21.2 Å². The first-order chi connectivity index (χ1) is 9.72. The lowest BCUT2D eigenvalue weighted by Gasteiger charge is -2.11. The van der Waals surface area contributed by atoms with E-state index < -0.39 is 0 Å². The zero-order chi connectivity index (χ0) is 13.9. The molecule has 0 aliphatic heterocycles. The Kier molecular flexibility index (Phi) is 4.43. The van der Waals surface area contributed by atoms with Gasteiger partial charge in [-0.1, -0.05) is 5.16 Å². The van der Waals surface area contributed by atoms with Gasteiger partial charge in [-0.15, -0.1) is 0 Å². The second-order valence-corrected chi connectivity index (χ2v) is 6.52. The lowest BCUT2D eigenvalue weighted by molar-refractivity contribution is 0.247. The van der Waals surface area contributed by atoms with Gasteiger partial charge in [0.05, 0.1) is 15.1 Å². The van der Waals surface area contributed by atoms with Gasteiger partial charge in [-0.25, -0.2) is 0 Å². The molecule has 0 unspecified atom stereocenters. The van der Waals surface area contributed by atoms with Crippen molar-refractivity contribution in [3.63, 3.8) is 0 Å². The van der Waals surface area contributed by atoms with Gasteiger partial charge >= 0.3 is 0 Å². The van der Waals surface area contributed by atoms with Gasteiger partial charge in [-0.3, -0.25) is 0 Å². The summed E-state index contributed by atoms with van der Waals surface area (Å²) in [4.78, 5) is 0. The number of hydrogen-bond acceptors (Lipinski definition) is 4. The average molecular weight is 402 g/mol. The van der Waals surface area contributed by atoms with Crippen molar-refractivity contribution >= 4 is 31.9 Å². The largest absolute Gasteiger partial charge is 0.483 e. The molecule has 1 aromatic heterocycles. The molecule has 0 saturated heterocycles. The molecule has 0 amide bonds. The molecule has 20 heavy (non-hydrogen) atoms. The van der Waals surface area contributed by atoms with E-state index in [1.807, 2.05) is 0 Å². The molecule has 0 spiro atoms. The maximum atomic E-state index is 5.76. The van der Waals surface area contributed by atoms with Crippen LogP contribution in [0.15, 0.2) is 37.9 Å². The van der Waals surface area contributed by atoms with E-state index in [1.54, 1.807) is 12.3 Å². The number of nitrogens with zero attached hydrogens (tertiary/aromatic N) is 1. The van der Waals surface area contributed by atoms with Gasteiger partial charge in [0.2, 0.25) is 0 Å². The summed E-state index contributed by atoms with van der Waals surface area (Å²) in [7, 11) is 0. The molecule has 0 atom stereocenters. The van der Waals surface area contributed by atoms with Crippen LogP contribution in [0.25, 0.3) is 0 Å². The van der Waals surface area contributed by atoms with Gasteiger partial charge in [0.15, 0.2) is 5.76 Å². The van der Waals surface area contributed by atoms with E-state index >= 15 is 0 Å². The molecule has 106 valence electrons. The Bertz CT molecular complexity index is 560. The average Bonchev–Trinajstić information content (AvgIpc) is 3.10. The molecule has 0 bridgehead atoms. The van der Waals surface area contributed by atoms with Crippen molar-refractivity contribution in [1.29, 1.82) is 0 Å². The van der Waals surface area contributed by atoms with Crippen LogP contribution in [0.1, 0.15) is 24.2 Å². The summed E-state index contributed by atoms with van der Waals surface area (Å²) >= 11 is 7.11. The van der Waals surface area contributed by atoms with Crippen LogP contribution in [0, 0.1) is 0 Å². The normalized spacial score (nSPS) is 14.5. The molecule has 1 heterocycles. The van der Waals surface area contributed by atoms with Gasteiger partial charge in [0, 0.05) is 18.7 Å². The molecule has 4 nitrogen and oxygen atoms in total. The summed E-state index contributed by atoms with van der Waals surface area (Å²) < 4.78 is 12.6. The number of benzene rings is 1. The number of ether oxygens (including phenoxy) is 1. The monoisotopic (exact) mass is 400 g/mol. The summed E-state index contributed by atoms with van der Waals surface area (Å²) in [6.07, 6.45) is 4.19. The van der Waals surface area contributed by atoms with Crippen LogP contribution < -0.4 is 10.1 Å². The molecule has 3 rings (SSSR count). The van der Waals surface area contributed by atoms with Crippen LogP contribution in [0.2, 0.25) is 0 Å². The first kappa shape index (κ1) is 14.1. The number of halogens is 2. The van der Waals surface area contributed by atoms with Gasteiger partial charge < -0.3 is 14.6 Å². The highest BCUT2D eigenvalue weighted by Gasteiger charge is 2.20. The fourth-order valence-electron chi connectivity index (χ4n) is 1.86. The molecule has 1 fully saturated rings. The molecular weight excluding hydrogens is 388 g/mol. The van der Waals surface area contributed by atoms with Gasteiger partial charge in [-0.2, -0.15) is 0 Å². The number of nitrogens with one attached hydrogen (secondary N) is 1. The first-order valence-electron chi connectivity index (χ1n) is 6.46. The lowest BCUT2D eigenvalue weighted by Crippen LogP contribution is -2.15. The van der Waals surface area contributed by atoms with E-state index in [0.29, 0.717) is 18.4 Å². The van der Waals surface area contributed by atoms with Crippen molar-refractivity contribution < 1.29 is 9.26 Å². The minimum atomic E-state index is 0.358. The molecule has 0 radical (unpaired) electrons. The molecule has 1 saturated carbocycles. The standard InChI is InChI=1S/C14H14Br2N2O2/c15-12-5-9(7-17-10-1-2-10)6-13(16)14(12)19-8-11-3-4-18-20-11/h3-6,10,17H,1-2,7-8H2. The smallest absolute Gasteiger partial charge is 0.174 e. The molecule has 2 aromatic rings. The highest BCUT2D eigenvalue weighted by molar-refractivity contribution is 9.11. The first-order valence-corrected chi connectivity index (χ1v) is 8.04. The molecular formula is C14H14Br2N2O2. The second kappa shape index (κ2) is 6.28. The molecule has 6 heteroatoms. The van der Waals surface area contributed by atoms with Gasteiger partial charge in [-0.05, 0) is 62.4 Å². The third kappa shape index (κ3) is 3.62. The summed E-state index contributed by atoms with van der Waals surface area (Å²) in [5.41, 5.74) is 1.22. The fraction of sp³-hybridized carbons (Fsp3) is 0.357. The number of aromatic nitrogens is 1. The van der Waals surface area contributed by atoms with E-state index in [1.165, 1.54) is 18.4 Å². The Morgan fingerprint density at radius 2 is 2.05 bits per heavy atom. The summed E-state index contributed by atoms with van der Waals surface area (Å²) in [6.45, 7) is 1.24. The number of rotatable bonds is 6. The fourth-order valence-corrected chi connectivity index (χ4v) is 3.37. The predicted molar refractivity (Wildman–Crippen MR) is 82.5 cm³/mol. The van der Waals surface area contributed by atoms with Crippen molar-refractivity contribution in [3.05, 3.63) is 44.7 Å². The van der Waals surface area contributed by atoms with Crippen molar-refractivity contribution in [2.45, 2.75) is 32.0 Å². The topological polar surface area (TPSA) is 47.3 Å². The lowest BCUT2D eigenvalue weighted by atomic mass is 10.2. The Balaban J connectivity index is 1.67. The van der Waals surface area contributed by atoms with Crippen molar-refractivity contribution in [2.75, 3.05) is 0 Å². The van der Waals surface area contributed by atoms with Gasteiger partial charge in [0.25, 0.3) is 0 Å². The highest BCUT2D eigenvalue weighted by atomic mass is 79.9. The maximum Gasteiger partial charge on any atom is 0.174 e. The van der Waals surface area contributed by atoms with Crippen molar-refractivity contribution in [1.82, 2.24) is 10.5 Å². The summed E-state index contributed by atoms with van der Waals surface area (Å²) in [5, 5.41) is 7.15. The third-order valence-electron chi connectivity index (χ3n) is 3.08. The SMILES string of the molecule is Brc1cc(CNC2CC2)cc(Br)c1OCc1ccno1. The number of hydrogen-bond donors (Lipinski definition) is 1. The molecule has 1 aliphatic rings. The van der Waals surface area contributed by atoms with Crippen LogP contribution in [-0.2, 0) is 13.2 Å². The molecule has 1 aliphatic carbocycles. The van der Waals surface area contributed by atoms with E-state index in [2.05, 4.69) is 54.5 Å². The van der Waals surface area contributed by atoms with Crippen molar-refractivity contribution in [3.8, 4) is 5.75 Å². The van der Waals surface area contributed by atoms with E-state index in [-0.39, 0.29) is 0 Å². The zero-order valence-corrected chi connectivity index (χ0v) is 13.9. The van der Waals surface area contributed by atoms with Crippen LogP contribution in [0.3, 0.4) is 0 Å². The Morgan fingerprint density at radius 1 is 1.30 bits per heavy atom. The second-order valence-electron chi connectivity index (χ2n) is 4.81. The Hall–Kier alpha value is -0.850. The minimum Gasteiger partial charge on any atom is -0.483 e.